The molecule has 0 N–H and O–H groups in total. The van der Waals surface area contributed by atoms with Gasteiger partial charge in [0.15, 0.2) is 0 Å². The summed E-state index contributed by atoms with van der Waals surface area (Å²) in [4.78, 5) is 0.111. The number of hydrogen-bond donors (Lipinski definition) is 0. The number of nitrogens with zero attached hydrogens (tertiary/aromatic N) is 4. The van der Waals surface area contributed by atoms with Crippen LogP contribution in [0.25, 0.3) is 0 Å². The molecule has 0 aliphatic carbocycles. The van der Waals surface area contributed by atoms with Crippen molar-refractivity contribution >= 4 is 19.7 Å². The van der Waals surface area contributed by atoms with Crippen molar-refractivity contribution in [3.8, 4) is 0 Å². The quantitative estimate of drug-likeness (QED) is 0.801. The van der Waals surface area contributed by atoms with Crippen molar-refractivity contribution in [2.75, 3.05) is 0 Å². The third-order valence-electron chi connectivity index (χ3n) is 2.93. The van der Waals surface area contributed by atoms with Crippen LogP contribution in [0, 0.1) is 13.8 Å². The number of aromatic nitrogens is 4. The molecule has 0 aliphatic rings. The van der Waals surface area contributed by atoms with Gasteiger partial charge in [-0.25, -0.2) is 8.42 Å². The minimum Gasteiger partial charge on any atom is -0.276 e. The molecule has 0 bridgehead atoms. The zero-order valence-corrected chi connectivity index (χ0v) is 12.5. The predicted molar refractivity (Wildman–Crippen MR) is 71.7 cm³/mol. The maximum absolute atomic E-state index is 11.5. The number of hydrogen-bond acceptors (Lipinski definition) is 4. The molecule has 19 heavy (non-hydrogen) atoms. The highest BCUT2D eigenvalue weighted by Crippen LogP contribution is 2.23. The van der Waals surface area contributed by atoms with Crippen LogP contribution in [0.3, 0.4) is 0 Å². The Labute approximate surface area is 116 Å². The van der Waals surface area contributed by atoms with E-state index in [9.17, 15) is 8.42 Å². The second-order valence-corrected chi connectivity index (χ2v) is 6.94. The average molecular weight is 303 g/mol. The summed E-state index contributed by atoms with van der Waals surface area (Å²) in [5.74, 6) is 0. The standard InChI is InChI=1S/C11H15ClN4O2S/c1-8-11(19(12,17)18)9(2)16(14-8)5-4-10-6-13-15(3)7-10/h6-7H,4-5H2,1-3H3. The largest absolute Gasteiger partial charge is 0.276 e. The van der Waals surface area contributed by atoms with Gasteiger partial charge in [-0.3, -0.25) is 9.36 Å². The van der Waals surface area contributed by atoms with Crippen molar-refractivity contribution in [2.45, 2.75) is 31.7 Å². The highest BCUT2D eigenvalue weighted by molar-refractivity contribution is 8.13. The molecule has 0 saturated carbocycles. The van der Waals surface area contributed by atoms with Gasteiger partial charge in [-0.05, 0) is 25.8 Å². The molecule has 0 aliphatic heterocycles. The molecule has 2 heterocycles. The molecule has 0 unspecified atom stereocenters. The molecular formula is C11H15ClN4O2S. The van der Waals surface area contributed by atoms with Gasteiger partial charge in [0.1, 0.15) is 4.90 Å². The molecule has 0 spiro atoms. The first-order valence-electron chi connectivity index (χ1n) is 5.75. The van der Waals surface area contributed by atoms with Crippen LogP contribution in [0.15, 0.2) is 17.3 Å². The van der Waals surface area contributed by atoms with Crippen LogP contribution in [-0.4, -0.2) is 28.0 Å². The van der Waals surface area contributed by atoms with Gasteiger partial charge >= 0.3 is 0 Å². The summed E-state index contributed by atoms with van der Waals surface area (Å²) >= 11 is 0. The van der Waals surface area contributed by atoms with Gasteiger partial charge in [0, 0.05) is 30.5 Å². The maximum Gasteiger partial charge on any atom is 0.264 e. The van der Waals surface area contributed by atoms with Gasteiger partial charge in [0.25, 0.3) is 9.05 Å². The normalized spacial score (nSPS) is 12.0. The Morgan fingerprint density at radius 1 is 1.37 bits per heavy atom. The van der Waals surface area contributed by atoms with E-state index in [2.05, 4.69) is 10.2 Å². The van der Waals surface area contributed by atoms with E-state index in [-0.39, 0.29) is 4.90 Å². The van der Waals surface area contributed by atoms with Crippen LogP contribution < -0.4 is 0 Å². The minimum atomic E-state index is -3.75. The fraction of sp³-hybridized carbons (Fsp3) is 0.455. The van der Waals surface area contributed by atoms with Crippen molar-refractivity contribution < 1.29 is 8.42 Å². The van der Waals surface area contributed by atoms with Crippen LogP contribution in [0.1, 0.15) is 17.0 Å². The van der Waals surface area contributed by atoms with E-state index < -0.39 is 9.05 Å². The van der Waals surface area contributed by atoms with Crippen molar-refractivity contribution in [1.29, 1.82) is 0 Å². The number of rotatable bonds is 4. The molecule has 2 rings (SSSR count). The second kappa shape index (κ2) is 4.97. The number of aryl methyl sites for hydroxylation is 4. The topological polar surface area (TPSA) is 69.8 Å². The first-order chi connectivity index (χ1) is 8.79. The second-order valence-electron chi connectivity index (χ2n) is 4.43. The lowest BCUT2D eigenvalue weighted by Gasteiger charge is -2.03. The Morgan fingerprint density at radius 3 is 2.53 bits per heavy atom. The fourth-order valence-corrected chi connectivity index (χ4v) is 3.61. The molecule has 0 fully saturated rings. The summed E-state index contributed by atoms with van der Waals surface area (Å²) in [7, 11) is 3.51. The van der Waals surface area contributed by atoms with Gasteiger partial charge in [-0.2, -0.15) is 10.2 Å². The first-order valence-corrected chi connectivity index (χ1v) is 8.06. The average Bonchev–Trinajstić information content (AvgIpc) is 2.79. The molecule has 0 atom stereocenters. The summed E-state index contributed by atoms with van der Waals surface area (Å²) in [6.07, 6.45) is 4.44. The SMILES string of the molecule is Cc1nn(CCc2cnn(C)c2)c(C)c1S(=O)(=O)Cl. The van der Waals surface area contributed by atoms with E-state index in [1.807, 2.05) is 13.2 Å². The van der Waals surface area contributed by atoms with Crippen LogP contribution in [0.2, 0.25) is 0 Å². The van der Waals surface area contributed by atoms with Gasteiger partial charge < -0.3 is 0 Å². The third kappa shape index (κ3) is 2.98. The molecule has 0 radical (unpaired) electrons. The molecule has 104 valence electrons. The van der Waals surface area contributed by atoms with Crippen molar-refractivity contribution in [1.82, 2.24) is 19.6 Å². The molecule has 0 saturated heterocycles. The summed E-state index contributed by atoms with van der Waals surface area (Å²) < 4.78 is 26.3. The fourth-order valence-electron chi connectivity index (χ4n) is 2.09. The van der Waals surface area contributed by atoms with Gasteiger partial charge in [0.05, 0.1) is 17.6 Å². The van der Waals surface area contributed by atoms with Crippen molar-refractivity contribution in [3.05, 3.63) is 29.3 Å². The van der Waals surface area contributed by atoms with Crippen molar-refractivity contribution in [2.24, 2.45) is 7.05 Å². The summed E-state index contributed by atoms with van der Waals surface area (Å²) in [6, 6.07) is 0. The highest BCUT2D eigenvalue weighted by atomic mass is 35.7. The van der Waals surface area contributed by atoms with Crippen LogP contribution in [-0.2, 0) is 29.1 Å². The lowest BCUT2D eigenvalue weighted by Crippen LogP contribution is -2.05. The molecule has 8 heteroatoms. The van der Waals surface area contributed by atoms with Crippen LogP contribution in [0.4, 0.5) is 0 Å². The molecule has 2 aromatic rings. The van der Waals surface area contributed by atoms with Crippen LogP contribution >= 0.6 is 10.7 Å². The molecule has 0 aromatic carbocycles. The van der Waals surface area contributed by atoms with Gasteiger partial charge in [-0.15, -0.1) is 0 Å². The Hall–Kier alpha value is -1.34. The highest BCUT2D eigenvalue weighted by Gasteiger charge is 2.22. The summed E-state index contributed by atoms with van der Waals surface area (Å²) in [5.41, 5.74) is 2.07. The molecule has 6 nitrogen and oxygen atoms in total. The predicted octanol–water partition coefficient (Wildman–Crippen LogP) is 1.40. The summed E-state index contributed by atoms with van der Waals surface area (Å²) in [6.45, 7) is 3.94. The Bertz CT molecular complexity index is 702. The Balaban J connectivity index is 2.23. The smallest absolute Gasteiger partial charge is 0.264 e. The van der Waals surface area contributed by atoms with Crippen molar-refractivity contribution in [3.63, 3.8) is 0 Å². The number of halogens is 1. The van der Waals surface area contributed by atoms with E-state index >= 15 is 0 Å². The first kappa shape index (κ1) is 14.1. The van der Waals surface area contributed by atoms with Crippen LogP contribution in [0.5, 0.6) is 0 Å². The third-order valence-corrected chi connectivity index (χ3v) is 4.47. The summed E-state index contributed by atoms with van der Waals surface area (Å²) in [5, 5.41) is 8.31. The van der Waals surface area contributed by atoms with E-state index in [0.717, 1.165) is 12.0 Å². The monoisotopic (exact) mass is 302 g/mol. The zero-order valence-electron chi connectivity index (χ0n) is 11.0. The lowest BCUT2D eigenvalue weighted by molar-refractivity contribution is 0.589. The lowest BCUT2D eigenvalue weighted by atomic mass is 10.2. The maximum atomic E-state index is 11.5. The van der Waals surface area contributed by atoms with E-state index in [0.29, 0.717) is 17.9 Å². The van der Waals surface area contributed by atoms with E-state index in [4.69, 9.17) is 10.7 Å². The van der Waals surface area contributed by atoms with E-state index in [1.165, 1.54) is 0 Å². The molecule has 0 amide bonds. The van der Waals surface area contributed by atoms with E-state index in [1.54, 1.807) is 29.4 Å². The molecule has 2 aromatic heterocycles. The molecular weight excluding hydrogens is 288 g/mol. The Morgan fingerprint density at radius 2 is 2.05 bits per heavy atom. The minimum absolute atomic E-state index is 0.111. The Kier molecular flexibility index (Phi) is 3.69. The van der Waals surface area contributed by atoms with Gasteiger partial charge in [-0.1, -0.05) is 0 Å². The zero-order chi connectivity index (χ0) is 14.2. The van der Waals surface area contributed by atoms with Gasteiger partial charge in [0.2, 0.25) is 0 Å².